The molecule has 196 valence electrons. The van der Waals surface area contributed by atoms with E-state index in [2.05, 4.69) is 5.32 Å². The van der Waals surface area contributed by atoms with Crippen molar-refractivity contribution in [3.05, 3.63) is 58.1 Å². The van der Waals surface area contributed by atoms with Crippen molar-refractivity contribution in [1.29, 1.82) is 0 Å². The molecule has 2 aliphatic carbocycles. The zero-order valence-corrected chi connectivity index (χ0v) is 21.3. The first kappa shape index (κ1) is 26.9. The third-order valence-corrected chi connectivity index (χ3v) is 10.3. The van der Waals surface area contributed by atoms with E-state index in [0.29, 0.717) is 18.4 Å². The van der Waals surface area contributed by atoms with E-state index in [9.17, 15) is 37.3 Å². The van der Waals surface area contributed by atoms with E-state index in [1.165, 1.54) is 25.1 Å². The Morgan fingerprint density at radius 2 is 1.72 bits per heavy atom. The number of hydrogen-bond acceptors (Lipinski definition) is 6. The molecule has 7 nitrogen and oxygen atoms in total. The molecule has 0 aliphatic heterocycles. The highest BCUT2D eigenvalue weighted by atomic mass is 35.5. The summed E-state index contributed by atoms with van der Waals surface area (Å²) in [5.41, 5.74) is -1.19. The third kappa shape index (κ3) is 4.54. The van der Waals surface area contributed by atoms with Crippen molar-refractivity contribution in [2.75, 3.05) is 5.32 Å². The Balaban J connectivity index is 1.63. The highest BCUT2D eigenvalue weighted by molar-refractivity contribution is 7.92. The Hall–Kier alpha value is -2.11. The van der Waals surface area contributed by atoms with Gasteiger partial charge < -0.3 is 20.6 Å². The van der Waals surface area contributed by atoms with Gasteiger partial charge in [0.2, 0.25) is 0 Å². The topological polar surface area (TPSA) is 124 Å². The summed E-state index contributed by atoms with van der Waals surface area (Å²) < 4.78 is 54.1. The standard InChI is InChI=1S/C25H28ClF2NO6S/c1-12-7-19(26)22(11-18(12)24(32)29-16-5-6-20(27)21(28)10-16)36(34,35)17-8-14-3-4-15(9-17)25(14,33)23(31)13(2)30/h5-7,10-11,13-15,17,23,30-31,33H,3-4,8-9H2,1-2H3,(H,29,32)/t13-,14?,15?,17?,23+,25?/m0/s1. The predicted molar refractivity (Wildman–Crippen MR) is 130 cm³/mol. The van der Waals surface area contributed by atoms with Gasteiger partial charge in [0.25, 0.3) is 5.91 Å². The molecule has 2 saturated carbocycles. The van der Waals surface area contributed by atoms with Crippen molar-refractivity contribution >= 4 is 33.0 Å². The van der Waals surface area contributed by atoms with Crippen LogP contribution in [0.15, 0.2) is 35.2 Å². The summed E-state index contributed by atoms with van der Waals surface area (Å²) in [6, 6.07) is 5.40. The molecule has 2 aliphatic rings. The molecule has 2 aromatic carbocycles. The SMILES string of the molecule is Cc1cc(Cl)c(S(=O)(=O)C2CC3CCC(C2)C3(O)[C@H](O)[C@H](C)O)cc1C(=O)Nc1ccc(F)c(F)c1. The molecule has 0 aromatic heterocycles. The van der Waals surface area contributed by atoms with E-state index in [1.54, 1.807) is 6.92 Å². The number of amides is 1. The molecule has 2 unspecified atom stereocenters. The van der Waals surface area contributed by atoms with Crippen molar-refractivity contribution in [2.24, 2.45) is 11.8 Å². The number of fused-ring (bicyclic) bond motifs is 2. The Morgan fingerprint density at radius 1 is 1.11 bits per heavy atom. The van der Waals surface area contributed by atoms with Crippen LogP contribution < -0.4 is 5.32 Å². The quantitative estimate of drug-likeness (QED) is 0.441. The van der Waals surface area contributed by atoms with Crippen LogP contribution in [-0.4, -0.2) is 52.7 Å². The molecular formula is C25H28ClF2NO6S. The fourth-order valence-corrected chi connectivity index (χ4v) is 8.22. The van der Waals surface area contributed by atoms with Crippen molar-refractivity contribution in [3.63, 3.8) is 0 Å². The smallest absolute Gasteiger partial charge is 0.255 e. The maximum Gasteiger partial charge on any atom is 0.255 e. The number of carbonyl (C=O) groups is 1. The van der Waals surface area contributed by atoms with E-state index < -0.39 is 62.3 Å². The second-order valence-electron chi connectivity index (χ2n) is 9.86. The average Bonchev–Trinajstić information content (AvgIpc) is 2.97. The van der Waals surface area contributed by atoms with Crippen LogP contribution in [0.1, 0.15) is 48.5 Å². The van der Waals surface area contributed by atoms with Gasteiger partial charge in [-0.15, -0.1) is 0 Å². The molecule has 2 fully saturated rings. The van der Waals surface area contributed by atoms with E-state index in [-0.39, 0.29) is 34.0 Å². The van der Waals surface area contributed by atoms with Crippen LogP contribution in [0.4, 0.5) is 14.5 Å². The second kappa shape index (κ2) is 9.64. The largest absolute Gasteiger partial charge is 0.391 e. The molecule has 0 radical (unpaired) electrons. The van der Waals surface area contributed by atoms with Gasteiger partial charge in [0, 0.05) is 17.3 Å². The molecule has 36 heavy (non-hydrogen) atoms. The molecule has 4 atom stereocenters. The molecule has 2 aromatic rings. The van der Waals surface area contributed by atoms with Crippen molar-refractivity contribution in [1.82, 2.24) is 0 Å². The predicted octanol–water partition coefficient (Wildman–Crippen LogP) is 3.61. The van der Waals surface area contributed by atoms with Crippen molar-refractivity contribution in [2.45, 2.75) is 67.5 Å². The van der Waals surface area contributed by atoms with Crippen LogP contribution in [0, 0.1) is 30.4 Å². The van der Waals surface area contributed by atoms with Crippen LogP contribution in [-0.2, 0) is 9.84 Å². The highest BCUT2D eigenvalue weighted by Crippen LogP contribution is 2.54. The van der Waals surface area contributed by atoms with Crippen molar-refractivity contribution in [3.8, 4) is 0 Å². The van der Waals surface area contributed by atoms with Crippen molar-refractivity contribution < 1.29 is 37.3 Å². The Morgan fingerprint density at radius 3 is 2.28 bits per heavy atom. The van der Waals surface area contributed by atoms with Gasteiger partial charge in [0.1, 0.15) is 6.10 Å². The summed E-state index contributed by atoms with van der Waals surface area (Å²) in [5.74, 6) is -3.98. The van der Waals surface area contributed by atoms with Gasteiger partial charge in [-0.05, 0) is 81.2 Å². The molecule has 4 rings (SSSR count). The van der Waals surface area contributed by atoms with Gasteiger partial charge in [-0.25, -0.2) is 17.2 Å². The maximum absolute atomic E-state index is 13.7. The Labute approximate surface area is 213 Å². The highest BCUT2D eigenvalue weighted by Gasteiger charge is 2.59. The summed E-state index contributed by atoms with van der Waals surface area (Å²) >= 11 is 6.32. The minimum atomic E-state index is -4.05. The average molecular weight is 544 g/mol. The number of halogens is 3. The van der Waals surface area contributed by atoms with Crippen LogP contribution in [0.5, 0.6) is 0 Å². The lowest BCUT2D eigenvalue weighted by molar-refractivity contribution is -0.172. The van der Waals surface area contributed by atoms with E-state index >= 15 is 0 Å². The van der Waals surface area contributed by atoms with Gasteiger partial charge in [-0.3, -0.25) is 4.79 Å². The van der Waals surface area contributed by atoms with Gasteiger partial charge in [0.05, 0.1) is 26.9 Å². The molecule has 0 saturated heterocycles. The lowest BCUT2D eigenvalue weighted by Crippen LogP contribution is -2.58. The van der Waals surface area contributed by atoms with Crippen LogP contribution in [0.3, 0.4) is 0 Å². The number of benzene rings is 2. The lowest BCUT2D eigenvalue weighted by atomic mass is 9.70. The monoisotopic (exact) mass is 543 g/mol. The number of aliphatic hydroxyl groups excluding tert-OH is 2. The molecule has 2 bridgehead atoms. The number of anilines is 1. The van der Waals surface area contributed by atoms with Gasteiger partial charge in [-0.1, -0.05) is 11.6 Å². The fourth-order valence-electron chi connectivity index (χ4n) is 5.73. The Kier molecular flexibility index (Phi) is 7.22. The third-order valence-electron chi connectivity index (χ3n) is 7.64. The first-order valence-electron chi connectivity index (χ1n) is 11.7. The summed E-state index contributed by atoms with van der Waals surface area (Å²) in [4.78, 5) is 12.6. The number of aliphatic hydroxyl groups is 3. The number of hydrogen-bond donors (Lipinski definition) is 4. The number of carbonyl (C=O) groups excluding carboxylic acids is 1. The number of rotatable bonds is 6. The summed E-state index contributed by atoms with van der Waals surface area (Å²) in [6.07, 6.45) is -1.40. The first-order chi connectivity index (χ1) is 16.8. The van der Waals surface area contributed by atoms with Gasteiger partial charge in [0.15, 0.2) is 21.5 Å². The minimum Gasteiger partial charge on any atom is -0.391 e. The number of aryl methyl sites for hydroxylation is 1. The molecule has 0 heterocycles. The zero-order chi connectivity index (χ0) is 26.6. The van der Waals surface area contributed by atoms with Gasteiger partial charge in [-0.2, -0.15) is 0 Å². The molecule has 11 heteroatoms. The summed E-state index contributed by atoms with van der Waals surface area (Å²) in [6.45, 7) is 2.95. The molecule has 4 N–H and O–H groups in total. The summed E-state index contributed by atoms with van der Waals surface area (Å²) in [7, 11) is -4.05. The Bertz CT molecular complexity index is 1290. The van der Waals surface area contributed by atoms with E-state index in [0.717, 1.165) is 12.1 Å². The first-order valence-corrected chi connectivity index (χ1v) is 13.6. The molecular weight excluding hydrogens is 516 g/mol. The van der Waals surface area contributed by atoms with Crippen LogP contribution in [0.25, 0.3) is 0 Å². The maximum atomic E-state index is 13.7. The summed E-state index contributed by atoms with van der Waals surface area (Å²) in [5, 5.41) is 33.0. The number of nitrogens with one attached hydrogen (secondary N) is 1. The number of sulfone groups is 1. The second-order valence-corrected chi connectivity index (χ2v) is 12.5. The van der Waals surface area contributed by atoms with Gasteiger partial charge >= 0.3 is 0 Å². The van der Waals surface area contributed by atoms with Crippen LogP contribution in [0.2, 0.25) is 5.02 Å². The van der Waals surface area contributed by atoms with E-state index in [1.807, 2.05) is 0 Å². The normalized spacial score (nSPS) is 27.5. The molecule has 1 amide bonds. The van der Waals surface area contributed by atoms with E-state index in [4.69, 9.17) is 11.6 Å². The minimum absolute atomic E-state index is 0.00234. The molecule has 0 spiro atoms. The fraction of sp³-hybridized carbons (Fsp3) is 0.480. The van der Waals surface area contributed by atoms with Crippen LogP contribution >= 0.6 is 11.6 Å². The zero-order valence-electron chi connectivity index (χ0n) is 19.7. The lowest BCUT2D eigenvalue weighted by Gasteiger charge is -2.46.